The van der Waals surface area contributed by atoms with Gasteiger partial charge in [0.25, 0.3) is 0 Å². The highest BCUT2D eigenvalue weighted by Crippen LogP contribution is 2.38. The smallest absolute Gasteiger partial charge is 0.392 e. The summed E-state index contributed by atoms with van der Waals surface area (Å²) in [6, 6.07) is 10.1. The number of benzene rings is 2. The maximum atomic E-state index is 16.2. The number of fused-ring (bicyclic) bond motifs is 4. The standard InChI is InChI=1S/C26H22ClF4N5O2/c27-17-6-2-4-13-3-1-5-15(20(13)17)22-21(28)23-16(10-32-22)24(35-25(34-23)38-8-7-26(29,30)31)36-11-14-9-19(37)18(12-36)33-14/h1-6,10,14,18-19,33,37H,7-9,11-12H2/t14-,18?,19-/m1/s1. The van der Waals surface area contributed by atoms with Gasteiger partial charge in [-0.3, -0.25) is 4.98 Å². The molecule has 4 heterocycles. The highest BCUT2D eigenvalue weighted by Gasteiger charge is 2.40. The third-order valence-corrected chi connectivity index (χ3v) is 7.28. The van der Waals surface area contributed by atoms with Crippen molar-refractivity contribution in [2.75, 3.05) is 24.6 Å². The van der Waals surface area contributed by atoms with E-state index in [9.17, 15) is 18.3 Å². The Bertz CT molecular complexity index is 1530. The van der Waals surface area contributed by atoms with Crippen LogP contribution in [-0.4, -0.2) is 64.1 Å². The second kappa shape index (κ2) is 9.48. The van der Waals surface area contributed by atoms with Gasteiger partial charge in [0.15, 0.2) is 5.82 Å². The number of rotatable bonds is 5. The molecule has 2 aromatic heterocycles. The number of nitrogens with one attached hydrogen (secondary N) is 1. The highest BCUT2D eigenvalue weighted by atomic mass is 35.5. The van der Waals surface area contributed by atoms with Crippen LogP contribution in [0.5, 0.6) is 6.01 Å². The summed E-state index contributed by atoms with van der Waals surface area (Å²) in [5.74, 6) is -0.478. The molecule has 2 saturated heterocycles. The number of halogens is 5. The number of pyridine rings is 1. The first kappa shape index (κ1) is 25.0. The Balaban J connectivity index is 1.49. The van der Waals surface area contributed by atoms with Crippen molar-refractivity contribution in [3.63, 3.8) is 0 Å². The van der Waals surface area contributed by atoms with E-state index < -0.39 is 31.1 Å². The fourth-order valence-electron chi connectivity index (χ4n) is 5.26. The van der Waals surface area contributed by atoms with Crippen molar-refractivity contribution < 1.29 is 27.4 Å². The van der Waals surface area contributed by atoms with Crippen molar-refractivity contribution in [3.05, 3.63) is 53.4 Å². The largest absolute Gasteiger partial charge is 0.463 e. The van der Waals surface area contributed by atoms with E-state index in [1.807, 2.05) is 17.0 Å². The molecule has 198 valence electrons. The average molecular weight is 548 g/mol. The Morgan fingerprint density at radius 2 is 1.92 bits per heavy atom. The van der Waals surface area contributed by atoms with E-state index in [2.05, 4.69) is 20.3 Å². The summed E-state index contributed by atoms with van der Waals surface area (Å²) in [5.41, 5.74) is 0.325. The van der Waals surface area contributed by atoms with Crippen LogP contribution in [0, 0.1) is 5.82 Å². The predicted molar refractivity (Wildman–Crippen MR) is 135 cm³/mol. The van der Waals surface area contributed by atoms with Gasteiger partial charge in [-0.05, 0) is 17.9 Å². The van der Waals surface area contributed by atoms with Crippen LogP contribution in [0.25, 0.3) is 32.9 Å². The predicted octanol–water partition coefficient (Wildman–Crippen LogP) is 4.88. The van der Waals surface area contributed by atoms with Crippen molar-refractivity contribution in [3.8, 4) is 17.3 Å². The molecule has 2 aliphatic rings. The molecule has 2 N–H and O–H groups in total. The number of aromatic nitrogens is 3. The molecule has 3 atom stereocenters. The molecule has 2 fully saturated rings. The van der Waals surface area contributed by atoms with Crippen molar-refractivity contribution >= 4 is 39.1 Å². The lowest BCUT2D eigenvalue weighted by Crippen LogP contribution is -2.53. The van der Waals surface area contributed by atoms with Gasteiger partial charge in [-0.25, -0.2) is 4.39 Å². The van der Waals surface area contributed by atoms with E-state index in [1.165, 1.54) is 6.20 Å². The Labute approximate surface area is 219 Å². The highest BCUT2D eigenvalue weighted by molar-refractivity contribution is 6.36. The van der Waals surface area contributed by atoms with Gasteiger partial charge in [0.1, 0.15) is 23.6 Å². The second-order valence-electron chi connectivity index (χ2n) is 9.55. The third-order valence-electron chi connectivity index (χ3n) is 6.97. The van der Waals surface area contributed by atoms with E-state index in [0.29, 0.717) is 35.5 Å². The van der Waals surface area contributed by atoms with Crippen LogP contribution in [0.1, 0.15) is 12.8 Å². The monoisotopic (exact) mass is 547 g/mol. The van der Waals surface area contributed by atoms with Crippen LogP contribution in [0.15, 0.2) is 42.6 Å². The zero-order valence-corrected chi connectivity index (χ0v) is 20.6. The van der Waals surface area contributed by atoms with Crippen LogP contribution < -0.4 is 15.0 Å². The van der Waals surface area contributed by atoms with Gasteiger partial charge < -0.3 is 20.1 Å². The SMILES string of the molecule is O[C@@H]1C[C@@H]2CN(c3nc(OCCC(F)(F)F)nc4c(F)c(-c5cccc6cccc(Cl)c56)ncc34)CC1N2. The topological polar surface area (TPSA) is 83.4 Å². The number of ether oxygens (including phenoxy) is 1. The molecule has 0 aliphatic carbocycles. The molecule has 38 heavy (non-hydrogen) atoms. The molecule has 7 nitrogen and oxygen atoms in total. The lowest BCUT2D eigenvalue weighted by molar-refractivity contribution is -0.139. The normalized spacial score (nSPS) is 21.4. The average Bonchev–Trinajstić information content (AvgIpc) is 3.13. The van der Waals surface area contributed by atoms with Crippen molar-refractivity contribution in [2.24, 2.45) is 0 Å². The Hall–Kier alpha value is -3.28. The van der Waals surface area contributed by atoms with E-state index in [-0.39, 0.29) is 40.5 Å². The van der Waals surface area contributed by atoms with Gasteiger partial charge >= 0.3 is 12.2 Å². The summed E-state index contributed by atoms with van der Waals surface area (Å²) in [7, 11) is 0. The molecule has 4 aromatic rings. The summed E-state index contributed by atoms with van der Waals surface area (Å²) < 4.78 is 59.7. The quantitative estimate of drug-likeness (QED) is 0.345. The lowest BCUT2D eigenvalue weighted by atomic mass is 10.0. The first-order valence-electron chi connectivity index (χ1n) is 12.1. The summed E-state index contributed by atoms with van der Waals surface area (Å²) in [6.45, 7) is 0.122. The van der Waals surface area contributed by atoms with Crippen LogP contribution >= 0.6 is 11.6 Å². The molecular weight excluding hydrogens is 526 g/mol. The van der Waals surface area contributed by atoms with Crippen LogP contribution in [0.4, 0.5) is 23.4 Å². The number of nitrogens with zero attached hydrogens (tertiary/aromatic N) is 4. The van der Waals surface area contributed by atoms with Gasteiger partial charge in [-0.15, -0.1) is 0 Å². The van der Waals surface area contributed by atoms with E-state index in [4.69, 9.17) is 16.3 Å². The summed E-state index contributed by atoms with van der Waals surface area (Å²) in [5, 5.41) is 15.8. The molecule has 12 heteroatoms. The number of aliphatic hydroxyl groups is 1. The van der Waals surface area contributed by atoms with Gasteiger partial charge in [0.05, 0.1) is 24.0 Å². The molecule has 0 spiro atoms. The molecule has 0 amide bonds. The van der Waals surface area contributed by atoms with Crippen LogP contribution in [0.2, 0.25) is 5.02 Å². The number of alkyl halides is 3. The van der Waals surface area contributed by atoms with Crippen LogP contribution in [0.3, 0.4) is 0 Å². The van der Waals surface area contributed by atoms with Gasteiger partial charge in [0.2, 0.25) is 0 Å². The first-order chi connectivity index (χ1) is 18.2. The fraction of sp³-hybridized carbons (Fsp3) is 0.346. The molecule has 2 aliphatic heterocycles. The molecular formula is C26H22ClF4N5O2. The molecule has 2 bridgehead atoms. The first-order valence-corrected chi connectivity index (χ1v) is 12.5. The maximum Gasteiger partial charge on any atom is 0.392 e. The van der Waals surface area contributed by atoms with E-state index >= 15 is 4.39 Å². The Morgan fingerprint density at radius 3 is 2.68 bits per heavy atom. The summed E-state index contributed by atoms with van der Waals surface area (Å²) in [6.07, 6.45) is -4.16. The van der Waals surface area contributed by atoms with Crippen molar-refractivity contribution in [1.29, 1.82) is 0 Å². The number of hydrogen-bond acceptors (Lipinski definition) is 7. The van der Waals surface area contributed by atoms with E-state index in [0.717, 1.165) is 5.39 Å². The zero-order chi connectivity index (χ0) is 26.6. The van der Waals surface area contributed by atoms with Gasteiger partial charge in [0, 0.05) is 41.3 Å². The molecule has 1 unspecified atom stereocenters. The van der Waals surface area contributed by atoms with E-state index in [1.54, 1.807) is 24.3 Å². The molecule has 2 aromatic carbocycles. The minimum absolute atomic E-state index is 0.00195. The Kier molecular flexibility index (Phi) is 6.24. The zero-order valence-electron chi connectivity index (χ0n) is 19.8. The minimum atomic E-state index is -4.43. The number of hydrogen-bond donors (Lipinski definition) is 2. The van der Waals surface area contributed by atoms with Crippen molar-refractivity contribution in [2.45, 2.75) is 37.2 Å². The maximum absolute atomic E-state index is 16.2. The lowest BCUT2D eigenvalue weighted by Gasteiger charge is -2.34. The molecule has 0 radical (unpaired) electrons. The Morgan fingerprint density at radius 1 is 1.13 bits per heavy atom. The summed E-state index contributed by atoms with van der Waals surface area (Å²) in [4.78, 5) is 14.8. The van der Waals surface area contributed by atoms with Gasteiger partial charge in [-0.2, -0.15) is 23.1 Å². The number of anilines is 1. The van der Waals surface area contributed by atoms with Crippen molar-refractivity contribution in [1.82, 2.24) is 20.3 Å². The fourth-order valence-corrected chi connectivity index (χ4v) is 5.54. The summed E-state index contributed by atoms with van der Waals surface area (Å²) >= 11 is 6.45. The van der Waals surface area contributed by atoms with Gasteiger partial charge in [-0.1, -0.05) is 41.9 Å². The second-order valence-corrected chi connectivity index (χ2v) is 9.96. The molecule has 0 saturated carbocycles. The minimum Gasteiger partial charge on any atom is -0.463 e. The third kappa shape index (κ3) is 4.59. The molecule has 6 rings (SSSR count). The number of aliphatic hydroxyl groups excluding tert-OH is 1. The van der Waals surface area contributed by atoms with Crippen LogP contribution in [-0.2, 0) is 0 Å². The number of piperazine rings is 1.